The molecule has 1 aliphatic carbocycles. The fraction of sp³-hybridized carbons (Fsp3) is 0.606. The maximum absolute atomic E-state index is 13.0. The molecule has 1 unspecified atom stereocenters. The molecule has 2 aromatic carbocycles. The number of rotatable bonds is 17. The number of halogens is 1. The van der Waals surface area contributed by atoms with E-state index in [2.05, 4.69) is 31.9 Å². The molecule has 2 aromatic rings. The molecule has 42 heavy (non-hydrogen) atoms. The third-order valence-electron chi connectivity index (χ3n) is 8.76. The molecule has 0 aromatic heterocycles. The van der Waals surface area contributed by atoms with Crippen molar-refractivity contribution in [1.82, 2.24) is 4.90 Å². The molecule has 3 rings (SSSR count). The summed E-state index contributed by atoms with van der Waals surface area (Å²) in [5.41, 5.74) is 2.73. The van der Waals surface area contributed by atoms with E-state index in [1.165, 1.54) is 11.1 Å². The number of carboxylic acids is 1. The second-order valence-corrected chi connectivity index (χ2v) is 11.4. The number of carbonyl (C=O) groups is 1. The Morgan fingerprint density at radius 2 is 1.60 bits per heavy atom. The smallest absolute Gasteiger partial charge is 0.310 e. The van der Waals surface area contributed by atoms with Crippen LogP contribution in [0.3, 0.4) is 0 Å². The van der Waals surface area contributed by atoms with Crippen molar-refractivity contribution in [3.63, 3.8) is 0 Å². The normalized spacial score (nSPS) is 15.9. The van der Waals surface area contributed by atoms with E-state index in [1.54, 1.807) is 28.4 Å². The average Bonchev–Trinajstić information content (AvgIpc) is 2.97. The summed E-state index contributed by atoms with van der Waals surface area (Å²) in [7, 11) is 8.69. The second-order valence-electron chi connectivity index (χ2n) is 11.4. The van der Waals surface area contributed by atoms with Gasteiger partial charge < -0.3 is 33.7 Å². The van der Waals surface area contributed by atoms with Gasteiger partial charge in [0.1, 0.15) is 0 Å². The first-order valence-electron chi connectivity index (χ1n) is 14.6. The lowest BCUT2D eigenvalue weighted by molar-refractivity contribution is -0.158. The highest BCUT2D eigenvalue weighted by atomic mass is 35.5. The number of carboxylic acid groups (broad SMARTS) is 1. The summed E-state index contributed by atoms with van der Waals surface area (Å²) in [4.78, 5) is 15.3. The third kappa shape index (κ3) is 8.45. The zero-order chi connectivity index (χ0) is 30.0. The van der Waals surface area contributed by atoms with Crippen molar-refractivity contribution >= 4 is 18.4 Å². The highest BCUT2D eigenvalue weighted by Crippen LogP contribution is 2.47. The highest BCUT2D eigenvalue weighted by Gasteiger charge is 2.48. The predicted octanol–water partition coefficient (Wildman–Crippen LogP) is 5.95. The molecular weight excluding hydrogens is 558 g/mol. The van der Waals surface area contributed by atoms with E-state index in [4.69, 9.17) is 23.7 Å². The summed E-state index contributed by atoms with van der Waals surface area (Å²) < 4.78 is 27.5. The second kappa shape index (κ2) is 16.8. The SMILES string of the molecule is COCCCOc1ccc(CCN(C)CCC(C(=O)O)(C(C)C)[C@@H]2CCc3cc(OC)c(OC)cc3C2)cc1OC.Cl. The minimum Gasteiger partial charge on any atom is -0.493 e. The molecule has 8 nitrogen and oxygen atoms in total. The minimum absolute atomic E-state index is 0. The lowest BCUT2D eigenvalue weighted by atomic mass is 9.60. The van der Waals surface area contributed by atoms with Gasteiger partial charge in [0.2, 0.25) is 0 Å². The van der Waals surface area contributed by atoms with E-state index < -0.39 is 11.4 Å². The summed E-state index contributed by atoms with van der Waals surface area (Å²) in [6, 6.07) is 10.1. The molecule has 2 atom stereocenters. The molecule has 0 saturated heterocycles. The van der Waals surface area contributed by atoms with Crippen LogP contribution >= 0.6 is 12.4 Å². The van der Waals surface area contributed by atoms with Crippen molar-refractivity contribution in [3.8, 4) is 23.0 Å². The Bertz CT molecular complexity index is 1140. The average molecular weight is 608 g/mol. The van der Waals surface area contributed by atoms with Crippen LogP contribution < -0.4 is 18.9 Å². The molecular formula is C33H50ClNO7. The molecule has 0 aliphatic heterocycles. The summed E-state index contributed by atoms with van der Waals surface area (Å²) in [6.07, 6.45) is 4.65. The number of likely N-dealkylation sites (N-methyl/N-ethyl adjacent to an activating group) is 1. The van der Waals surface area contributed by atoms with Gasteiger partial charge in [-0.3, -0.25) is 4.79 Å². The van der Waals surface area contributed by atoms with Gasteiger partial charge in [-0.25, -0.2) is 0 Å². The zero-order valence-electron chi connectivity index (χ0n) is 26.4. The number of benzene rings is 2. The molecule has 0 spiro atoms. The highest BCUT2D eigenvalue weighted by molar-refractivity contribution is 5.85. The first kappa shape index (κ1) is 35.5. The van der Waals surface area contributed by atoms with Gasteiger partial charge >= 0.3 is 5.97 Å². The van der Waals surface area contributed by atoms with Crippen LogP contribution in [-0.2, 0) is 28.8 Å². The van der Waals surface area contributed by atoms with Gasteiger partial charge in [0, 0.05) is 26.7 Å². The van der Waals surface area contributed by atoms with E-state index >= 15 is 0 Å². The van der Waals surface area contributed by atoms with E-state index in [0.29, 0.717) is 31.9 Å². The molecule has 1 N–H and O–H groups in total. The predicted molar refractivity (Wildman–Crippen MR) is 168 cm³/mol. The Kier molecular flexibility index (Phi) is 14.2. The van der Waals surface area contributed by atoms with Gasteiger partial charge in [0.25, 0.3) is 0 Å². The van der Waals surface area contributed by atoms with Crippen LogP contribution in [0, 0.1) is 17.3 Å². The summed E-state index contributed by atoms with van der Waals surface area (Å²) >= 11 is 0. The van der Waals surface area contributed by atoms with Crippen molar-refractivity contribution in [3.05, 3.63) is 47.0 Å². The molecule has 0 saturated carbocycles. The Labute approximate surface area is 258 Å². The maximum Gasteiger partial charge on any atom is 0.310 e. The number of aryl methyl sites for hydroxylation is 1. The van der Waals surface area contributed by atoms with Crippen LogP contribution in [0.2, 0.25) is 0 Å². The van der Waals surface area contributed by atoms with Gasteiger partial charge in [-0.15, -0.1) is 12.4 Å². The molecule has 0 amide bonds. The van der Waals surface area contributed by atoms with Crippen molar-refractivity contribution in [2.24, 2.45) is 17.3 Å². The van der Waals surface area contributed by atoms with E-state index in [0.717, 1.165) is 61.5 Å². The molecule has 9 heteroatoms. The van der Waals surface area contributed by atoms with Crippen molar-refractivity contribution < 1.29 is 33.6 Å². The van der Waals surface area contributed by atoms with E-state index in [9.17, 15) is 9.90 Å². The fourth-order valence-corrected chi connectivity index (χ4v) is 6.20. The number of hydrogen-bond donors (Lipinski definition) is 1. The van der Waals surface area contributed by atoms with E-state index in [1.807, 2.05) is 24.3 Å². The van der Waals surface area contributed by atoms with Gasteiger partial charge in [0.15, 0.2) is 23.0 Å². The standard InChI is InChI=1S/C33H49NO7.ClH/c1-23(2)33(32(35)36,27-11-10-25-21-30(39-6)31(40-7)22-26(25)20-27)14-16-34(3)15-13-24-9-12-28(29(19-24)38-5)41-18-8-17-37-4;/h9,12,19,21-23,27H,8,10-11,13-18,20H2,1-7H3,(H,35,36);1H/t27-,33?;/m1./s1. The Hall–Kier alpha value is -2.68. The summed E-state index contributed by atoms with van der Waals surface area (Å²) in [6.45, 7) is 6.87. The van der Waals surface area contributed by atoms with Crippen LogP contribution in [-0.4, -0.2) is 77.8 Å². The molecule has 1 aliphatic rings. The Morgan fingerprint density at radius 1 is 0.952 bits per heavy atom. The monoisotopic (exact) mass is 607 g/mol. The number of ether oxygens (including phenoxy) is 5. The van der Waals surface area contributed by atoms with Crippen molar-refractivity contribution in [2.75, 3.05) is 61.8 Å². The third-order valence-corrected chi connectivity index (χ3v) is 8.76. The van der Waals surface area contributed by atoms with Gasteiger partial charge in [0.05, 0.1) is 33.4 Å². The minimum atomic E-state index is -0.815. The zero-order valence-corrected chi connectivity index (χ0v) is 27.2. The number of fused-ring (bicyclic) bond motifs is 1. The summed E-state index contributed by atoms with van der Waals surface area (Å²) in [5.74, 6) is 2.22. The first-order valence-corrected chi connectivity index (χ1v) is 14.6. The van der Waals surface area contributed by atoms with Gasteiger partial charge in [-0.2, -0.15) is 0 Å². The largest absolute Gasteiger partial charge is 0.493 e. The number of aliphatic carboxylic acids is 1. The maximum atomic E-state index is 13.0. The Balaban J connectivity index is 0.00000616. The van der Waals surface area contributed by atoms with Crippen molar-refractivity contribution in [2.45, 2.75) is 52.4 Å². The van der Waals surface area contributed by atoms with Crippen LogP contribution in [0.15, 0.2) is 30.3 Å². The van der Waals surface area contributed by atoms with Gasteiger partial charge in [-0.1, -0.05) is 19.9 Å². The molecule has 0 bridgehead atoms. The van der Waals surface area contributed by atoms with Crippen molar-refractivity contribution in [1.29, 1.82) is 0 Å². The first-order chi connectivity index (χ1) is 19.7. The lowest BCUT2D eigenvalue weighted by Crippen LogP contribution is -2.47. The van der Waals surface area contributed by atoms with Gasteiger partial charge in [-0.05, 0) is 98.5 Å². The molecule has 0 radical (unpaired) electrons. The Morgan fingerprint density at radius 3 is 2.19 bits per heavy atom. The number of methoxy groups -OCH3 is 4. The molecule has 236 valence electrons. The molecule has 0 fully saturated rings. The molecule has 0 heterocycles. The van der Waals surface area contributed by atoms with Crippen LogP contribution in [0.5, 0.6) is 23.0 Å². The quantitative estimate of drug-likeness (QED) is 0.221. The van der Waals surface area contributed by atoms with Crippen LogP contribution in [0.4, 0.5) is 0 Å². The topological polar surface area (TPSA) is 86.7 Å². The fourth-order valence-electron chi connectivity index (χ4n) is 6.20. The number of hydrogen-bond acceptors (Lipinski definition) is 7. The van der Waals surface area contributed by atoms with Crippen LogP contribution in [0.25, 0.3) is 0 Å². The number of nitrogens with zero attached hydrogens (tertiary/aromatic N) is 1. The van der Waals surface area contributed by atoms with Crippen LogP contribution in [0.1, 0.15) is 49.8 Å². The lowest BCUT2D eigenvalue weighted by Gasteiger charge is -2.43. The van der Waals surface area contributed by atoms with E-state index in [-0.39, 0.29) is 24.2 Å². The summed E-state index contributed by atoms with van der Waals surface area (Å²) in [5, 5.41) is 10.7.